The number of benzene rings is 2. The molecule has 0 saturated heterocycles. The second-order valence-electron chi connectivity index (χ2n) is 8.08. The van der Waals surface area contributed by atoms with E-state index < -0.39 is 15.9 Å². The van der Waals surface area contributed by atoms with Crippen molar-refractivity contribution in [2.24, 2.45) is 5.92 Å². The summed E-state index contributed by atoms with van der Waals surface area (Å²) in [6, 6.07) is 9.03. The molecule has 0 unspecified atom stereocenters. The summed E-state index contributed by atoms with van der Waals surface area (Å²) in [7, 11) is -2.04. The van der Waals surface area contributed by atoms with Gasteiger partial charge in [0.2, 0.25) is 5.91 Å². The zero-order valence-electron chi connectivity index (χ0n) is 17.3. The van der Waals surface area contributed by atoms with E-state index in [0.29, 0.717) is 16.8 Å². The second-order valence-corrected chi connectivity index (χ2v) is 10.3. The molecule has 31 heavy (non-hydrogen) atoms. The van der Waals surface area contributed by atoms with Crippen molar-refractivity contribution in [3.8, 4) is 11.5 Å². The van der Waals surface area contributed by atoms with E-state index in [-0.39, 0.29) is 41.5 Å². The summed E-state index contributed by atoms with van der Waals surface area (Å²) in [5.74, 6) is -0.660. The standard InChI is InChI=1S/C22H24N2O6S/c1-30-19-9-8-14(10-18(19)25)17(12-31(2,28)29)24-11-15-4-3-5-16(20(15)22(24)27)23-21(26)13-6-7-13/h3-5,8-10,13,17,25H,6-7,11-12H2,1-2H3,(H,23,26)/t17-/m1/s1. The molecule has 1 heterocycles. The van der Waals surface area contributed by atoms with Crippen molar-refractivity contribution in [3.63, 3.8) is 0 Å². The number of nitrogens with one attached hydrogen (secondary N) is 1. The monoisotopic (exact) mass is 444 g/mol. The molecule has 1 aliphatic heterocycles. The Labute approximate surface area is 180 Å². The molecule has 0 aromatic heterocycles. The molecular weight excluding hydrogens is 420 g/mol. The Morgan fingerprint density at radius 2 is 2.03 bits per heavy atom. The molecule has 8 nitrogen and oxygen atoms in total. The number of nitrogens with zero attached hydrogens (tertiary/aromatic N) is 1. The second kappa shape index (κ2) is 7.88. The van der Waals surface area contributed by atoms with Crippen LogP contribution in [0.4, 0.5) is 5.69 Å². The summed E-state index contributed by atoms with van der Waals surface area (Å²) in [5.41, 5.74) is 2.02. The normalized spacial score (nSPS) is 16.7. The third-order valence-electron chi connectivity index (χ3n) is 5.60. The van der Waals surface area contributed by atoms with Crippen molar-refractivity contribution >= 4 is 27.3 Å². The van der Waals surface area contributed by atoms with E-state index >= 15 is 0 Å². The molecular formula is C22H24N2O6S. The van der Waals surface area contributed by atoms with E-state index in [2.05, 4.69) is 5.32 Å². The summed E-state index contributed by atoms with van der Waals surface area (Å²) in [6.45, 7) is 0.203. The van der Waals surface area contributed by atoms with Crippen LogP contribution in [0.5, 0.6) is 11.5 Å². The fourth-order valence-corrected chi connectivity index (χ4v) is 4.83. The molecule has 9 heteroatoms. The number of carbonyl (C=O) groups excluding carboxylic acids is 2. The summed E-state index contributed by atoms with van der Waals surface area (Å²) < 4.78 is 29.4. The maximum atomic E-state index is 13.4. The van der Waals surface area contributed by atoms with Crippen LogP contribution in [0.3, 0.4) is 0 Å². The van der Waals surface area contributed by atoms with Crippen molar-refractivity contribution < 1.29 is 27.9 Å². The van der Waals surface area contributed by atoms with Crippen LogP contribution >= 0.6 is 0 Å². The largest absolute Gasteiger partial charge is 0.504 e. The molecule has 2 aromatic rings. The number of phenols is 1. The smallest absolute Gasteiger partial charge is 0.257 e. The molecule has 1 aliphatic carbocycles. The van der Waals surface area contributed by atoms with E-state index in [1.165, 1.54) is 24.1 Å². The molecule has 4 rings (SSSR count). The van der Waals surface area contributed by atoms with Gasteiger partial charge in [-0.05, 0) is 42.2 Å². The Balaban J connectivity index is 1.69. The van der Waals surface area contributed by atoms with E-state index in [1.54, 1.807) is 24.3 Å². The van der Waals surface area contributed by atoms with Crippen LogP contribution in [0.15, 0.2) is 36.4 Å². The van der Waals surface area contributed by atoms with Crippen molar-refractivity contribution in [2.45, 2.75) is 25.4 Å². The quantitative estimate of drug-likeness (QED) is 0.678. The number of methoxy groups -OCH3 is 1. The van der Waals surface area contributed by atoms with Gasteiger partial charge >= 0.3 is 0 Å². The lowest BCUT2D eigenvalue weighted by molar-refractivity contribution is -0.117. The fraction of sp³-hybridized carbons (Fsp3) is 0.364. The topological polar surface area (TPSA) is 113 Å². The van der Waals surface area contributed by atoms with Crippen molar-refractivity contribution in [1.29, 1.82) is 0 Å². The van der Waals surface area contributed by atoms with Crippen molar-refractivity contribution in [1.82, 2.24) is 4.90 Å². The van der Waals surface area contributed by atoms with Crippen LogP contribution < -0.4 is 10.1 Å². The average molecular weight is 445 g/mol. The third-order valence-corrected chi connectivity index (χ3v) is 6.52. The lowest BCUT2D eigenvalue weighted by Gasteiger charge is -2.28. The first kappa shape index (κ1) is 21.2. The first-order valence-electron chi connectivity index (χ1n) is 9.96. The Bertz CT molecular complexity index is 1160. The highest BCUT2D eigenvalue weighted by atomic mass is 32.2. The molecule has 0 spiro atoms. The number of fused-ring (bicyclic) bond motifs is 1. The highest BCUT2D eigenvalue weighted by Crippen LogP contribution is 2.39. The number of aromatic hydroxyl groups is 1. The Morgan fingerprint density at radius 3 is 2.65 bits per heavy atom. The number of rotatable bonds is 7. The number of amides is 2. The van der Waals surface area contributed by atoms with E-state index in [4.69, 9.17) is 4.74 Å². The number of phenolic OH excluding ortho intramolecular Hbond substituents is 1. The van der Waals surface area contributed by atoms with Crippen LogP contribution in [-0.4, -0.2) is 49.4 Å². The number of sulfone groups is 1. The predicted octanol–water partition coefficient (Wildman–Crippen LogP) is 2.49. The molecule has 0 radical (unpaired) electrons. The van der Waals surface area contributed by atoms with Gasteiger partial charge in [0.1, 0.15) is 9.84 Å². The zero-order valence-corrected chi connectivity index (χ0v) is 18.1. The van der Waals surface area contributed by atoms with E-state index in [0.717, 1.165) is 24.7 Å². The van der Waals surface area contributed by atoms with Crippen molar-refractivity contribution in [3.05, 3.63) is 53.1 Å². The van der Waals surface area contributed by atoms with E-state index in [1.807, 2.05) is 0 Å². The number of hydrogen-bond acceptors (Lipinski definition) is 6. The van der Waals surface area contributed by atoms with Crippen LogP contribution in [0.25, 0.3) is 0 Å². The maximum Gasteiger partial charge on any atom is 0.257 e. The number of anilines is 1. The molecule has 164 valence electrons. The van der Waals surface area contributed by atoms with E-state index in [9.17, 15) is 23.1 Å². The zero-order chi connectivity index (χ0) is 22.3. The van der Waals surface area contributed by atoms with Gasteiger partial charge in [0.15, 0.2) is 11.5 Å². The van der Waals surface area contributed by atoms with Gasteiger partial charge in [-0.25, -0.2) is 8.42 Å². The molecule has 1 saturated carbocycles. The molecule has 0 bridgehead atoms. The Morgan fingerprint density at radius 1 is 1.29 bits per heavy atom. The molecule has 2 aliphatic rings. The van der Waals surface area contributed by atoms with Crippen LogP contribution in [0, 0.1) is 5.92 Å². The minimum absolute atomic E-state index is 0.0104. The van der Waals surface area contributed by atoms with Gasteiger partial charge in [-0.1, -0.05) is 18.2 Å². The summed E-state index contributed by atoms with van der Waals surface area (Å²) in [6.07, 6.45) is 2.80. The van der Waals surface area contributed by atoms with Gasteiger partial charge in [-0.15, -0.1) is 0 Å². The lowest BCUT2D eigenvalue weighted by atomic mass is 10.1. The fourth-order valence-electron chi connectivity index (χ4n) is 3.89. The Kier molecular flexibility index (Phi) is 5.38. The highest BCUT2D eigenvalue weighted by molar-refractivity contribution is 7.90. The lowest BCUT2D eigenvalue weighted by Crippen LogP contribution is -2.34. The van der Waals surface area contributed by atoms with Gasteiger partial charge < -0.3 is 20.1 Å². The SMILES string of the molecule is COc1ccc([C@@H](CS(C)(=O)=O)N2Cc3cccc(NC(=O)C4CC4)c3C2=O)cc1O. The minimum atomic E-state index is -3.46. The predicted molar refractivity (Wildman–Crippen MR) is 115 cm³/mol. The van der Waals surface area contributed by atoms with Crippen LogP contribution in [0.2, 0.25) is 0 Å². The summed E-state index contributed by atoms with van der Waals surface area (Å²) >= 11 is 0. The first-order valence-corrected chi connectivity index (χ1v) is 12.0. The summed E-state index contributed by atoms with van der Waals surface area (Å²) in [4.78, 5) is 27.1. The van der Waals surface area contributed by atoms with Gasteiger partial charge in [0.25, 0.3) is 5.91 Å². The maximum absolute atomic E-state index is 13.4. The van der Waals surface area contributed by atoms with Gasteiger partial charge in [0, 0.05) is 18.7 Å². The number of ether oxygens (including phenoxy) is 1. The van der Waals surface area contributed by atoms with Crippen LogP contribution in [0.1, 0.15) is 40.4 Å². The minimum Gasteiger partial charge on any atom is -0.504 e. The van der Waals surface area contributed by atoms with Crippen LogP contribution in [-0.2, 0) is 21.2 Å². The number of carbonyl (C=O) groups is 2. The average Bonchev–Trinajstić information content (AvgIpc) is 3.50. The van der Waals surface area contributed by atoms with Gasteiger partial charge in [-0.3, -0.25) is 9.59 Å². The Hall–Kier alpha value is -3.07. The van der Waals surface area contributed by atoms with Crippen molar-refractivity contribution in [2.75, 3.05) is 24.4 Å². The third kappa shape index (κ3) is 4.36. The summed E-state index contributed by atoms with van der Waals surface area (Å²) in [5, 5.41) is 13.0. The molecule has 2 N–H and O–H groups in total. The molecule has 2 aromatic carbocycles. The molecule has 2 amide bonds. The number of hydrogen-bond donors (Lipinski definition) is 2. The molecule has 1 atom stereocenters. The molecule has 1 fully saturated rings. The van der Waals surface area contributed by atoms with Gasteiger partial charge in [-0.2, -0.15) is 0 Å². The first-order chi connectivity index (χ1) is 14.7. The van der Waals surface area contributed by atoms with Gasteiger partial charge in [0.05, 0.1) is 30.2 Å². The highest BCUT2D eigenvalue weighted by Gasteiger charge is 2.38.